The van der Waals surface area contributed by atoms with Crippen LogP contribution in [0.15, 0.2) is 42.5 Å². The Morgan fingerprint density at radius 3 is 2.74 bits per heavy atom. The molecule has 0 fully saturated rings. The number of nitrogens with one attached hydrogen (secondary N) is 1. The molecule has 0 aliphatic carbocycles. The first kappa shape index (κ1) is 18.5. The molecule has 9 heteroatoms. The third kappa shape index (κ3) is 4.26. The van der Waals surface area contributed by atoms with Gasteiger partial charge in [0.1, 0.15) is 10.7 Å². The topological polar surface area (TPSA) is 98.5 Å². The fourth-order valence-electron chi connectivity index (χ4n) is 2.36. The Morgan fingerprint density at radius 2 is 2.00 bits per heavy atom. The molecule has 7 nitrogen and oxygen atoms in total. The molecule has 1 heterocycles. The maximum Gasteiger partial charge on any atom is 0.348 e. The van der Waals surface area contributed by atoms with E-state index in [-0.39, 0.29) is 16.3 Å². The van der Waals surface area contributed by atoms with Gasteiger partial charge in [0, 0.05) is 16.8 Å². The Balaban J connectivity index is 1.64. The number of carbonyl (C=O) groups excluding carboxylic acids is 2. The third-order valence-electron chi connectivity index (χ3n) is 3.72. The summed E-state index contributed by atoms with van der Waals surface area (Å²) in [6.07, 6.45) is 0. The van der Waals surface area contributed by atoms with Crippen molar-refractivity contribution in [2.24, 2.45) is 0 Å². The minimum absolute atomic E-state index is 0.162. The first-order valence-electron chi connectivity index (χ1n) is 7.74. The van der Waals surface area contributed by atoms with E-state index in [0.717, 1.165) is 16.0 Å². The predicted octanol–water partition coefficient (Wildman–Crippen LogP) is 4.05. The molecule has 0 atom stereocenters. The fraction of sp³-hybridized carbons (Fsp3) is 0.111. The molecule has 0 radical (unpaired) electrons. The lowest BCUT2D eigenvalue weighted by Crippen LogP contribution is -2.21. The molecule has 3 rings (SSSR count). The number of carbonyl (C=O) groups is 2. The molecule has 0 saturated heterocycles. The van der Waals surface area contributed by atoms with Crippen LogP contribution in [0.25, 0.3) is 10.1 Å². The van der Waals surface area contributed by atoms with Gasteiger partial charge in [-0.1, -0.05) is 6.07 Å². The smallest absolute Gasteiger partial charge is 0.348 e. The number of hydrogen-bond acceptors (Lipinski definition) is 6. The molecule has 27 heavy (non-hydrogen) atoms. The molecule has 138 valence electrons. The van der Waals surface area contributed by atoms with Gasteiger partial charge in [0.2, 0.25) is 0 Å². The molecular formula is C18H13FN2O5S. The van der Waals surface area contributed by atoms with Gasteiger partial charge in [-0.05, 0) is 42.1 Å². The molecule has 1 amide bonds. The quantitative estimate of drug-likeness (QED) is 0.404. The van der Waals surface area contributed by atoms with Crippen LogP contribution in [0.5, 0.6) is 0 Å². The van der Waals surface area contributed by atoms with Crippen LogP contribution in [0.2, 0.25) is 0 Å². The molecule has 0 aliphatic rings. The van der Waals surface area contributed by atoms with Crippen molar-refractivity contribution in [3.63, 3.8) is 0 Å². The van der Waals surface area contributed by atoms with E-state index >= 15 is 0 Å². The molecule has 0 spiro atoms. The number of benzene rings is 2. The molecule has 2 aromatic carbocycles. The number of nitrogens with zero attached hydrogens (tertiary/aromatic N) is 1. The van der Waals surface area contributed by atoms with Gasteiger partial charge < -0.3 is 10.1 Å². The van der Waals surface area contributed by atoms with Crippen LogP contribution in [-0.4, -0.2) is 23.4 Å². The summed E-state index contributed by atoms with van der Waals surface area (Å²) in [5.41, 5.74) is 0.736. The minimum atomic E-state index is -0.706. The van der Waals surface area contributed by atoms with Crippen molar-refractivity contribution in [3.05, 3.63) is 68.8 Å². The largest absolute Gasteiger partial charge is 0.451 e. The summed E-state index contributed by atoms with van der Waals surface area (Å²) in [5.74, 6) is -1.74. The van der Waals surface area contributed by atoms with E-state index in [1.54, 1.807) is 13.0 Å². The van der Waals surface area contributed by atoms with Crippen LogP contribution in [0, 0.1) is 22.9 Å². The number of nitro groups is 1. The van der Waals surface area contributed by atoms with Gasteiger partial charge in [-0.2, -0.15) is 0 Å². The number of anilines is 1. The summed E-state index contributed by atoms with van der Waals surface area (Å²) < 4.78 is 18.9. The van der Waals surface area contributed by atoms with E-state index in [4.69, 9.17) is 4.74 Å². The maximum absolute atomic E-state index is 13.2. The normalized spacial score (nSPS) is 10.6. The zero-order chi connectivity index (χ0) is 19.6. The number of rotatable bonds is 5. The number of esters is 1. The summed E-state index contributed by atoms with van der Waals surface area (Å²) in [5, 5.41) is 13.9. The van der Waals surface area contributed by atoms with E-state index in [2.05, 4.69) is 5.32 Å². The highest BCUT2D eigenvalue weighted by Gasteiger charge is 2.15. The number of thiophene rings is 1. The lowest BCUT2D eigenvalue weighted by molar-refractivity contribution is -0.384. The van der Waals surface area contributed by atoms with Crippen molar-refractivity contribution in [1.29, 1.82) is 0 Å². The van der Waals surface area contributed by atoms with Crippen LogP contribution in [0.4, 0.5) is 15.8 Å². The van der Waals surface area contributed by atoms with Gasteiger partial charge in [0.05, 0.1) is 10.6 Å². The van der Waals surface area contributed by atoms with E-state index in [0.29, 0.717) is 10.9 Å². The molecule has 0 saturated carbocycles. The Hall–Kier alpha value is -3.33. The predicted molar refractivity (Wildman–Crippen MR) is 98.5 cm³/mol. The summed E-state index contributed by atoms with van der Waals surface area (Å²) >= 11 is 1.13. The van der Waals surface area contributed by atoms with Crippen molar-refractivity contribution in [1.82, 2.24) is 0 Å². The molecule has 3 aromatic rings. The average molecular weight is 388 g/mol. The van der Waals surface area contributed by atoms with Crippen molar-refractivity contribution >= 4 is 44.7 Å². The van der Waals surface area contributed by atoms with Gasteiger partial charge in [-0.3, -0.25) is 14.9 Å². The van der Waals surface area contributed by atoms with Crippen molar-refractivity contribution in [2.45, 2.75) is 6.92 Å². The zero-order valence-corrected chi connectivity index (χ0v) is 14.8. The second kappa shape index (κ2) is 7.50. The number of hydrogen-bond donors (Lipinski definition) is 1. The minimum Gasteiger partial charge on any atom is -0.451 e. The molecule has 1 aromatic heterocycles. The second-order valence-corrected chi connectivity index (χ2v) is 6.76. The number of aryl methyl sites for hydroxylation is 1. The molecule has 0 unspecified atom stereocenters. The van der Waals surface area contributed by atoms with Crippen LogP contribution in [0.1, 0.15) is 15.2 Å². The number of fused-ring (bicyclic) bond motifs is 1. The van der Waals surface area contributed by atoms with Crippen LogP contribution in [-0.2, 0) is 9.53 Å². The van der Waals surface area contributed by atoms with Crippen LogP contribution < -0.4 is 5.32 Å². The SMILES string of the molecule is Cc1ccc([N+](=O)[O-])cc1NC(=O)COC(=O)c1cc2cc(F)ccc2s1. The van der Waals surface area contributed by atoms with E-state index < -0.39 is 29.2 Å². The van der Waals surface area contributed by atoms with Gasteiger partial charge in [-0.25, -0.2) is 9.18 Å². The zero-order valence-electron chi connectivity index (χ0n) is 14.0. The number of halogens is 1. The summed E-state index contributed by atoms with van der Waals surface area (Å²) in [7, 11) is 0. The van der Waals surface area contributed by atoms with Gasteiger partial charge in [-0.15, -0.1) is 11.3 Å². The average Bonchev–Trinajstić information content (AvgIpc) is 3.04. The summed E-state index contributed by atoms with van der Waals surface area (Å²) in [6.45, 7) is 1.13. The fourth-order valence-corrected chi connectivity index (χ4v) is 3.30. The first-order valence-corrected chi connectivity index (χ1v) is 8.56. The van der Waals surface area contributed by atoms with Gasteiger partial charge in [0.15, 0.2) is 6.61 Å². The van der Waals surface area contributed by atoms with E-state index in [1.807, 2.05) is 0 Å². The Bertz CT molecular complexity index is 1060. The third-order valence-corrected chi connectivity index (χ3v) is 4.82. The molecule has 1 N–H and O–H groups in total. The van der Waals surface area contributed by atoms with Gasteiger partial charge in [0.25, 0.3) is 11.6 Å². The van der Waals surface area contributed by atoms with Crippen LogP contribution in [0.3, 0.4) is 0 Å². The highest BCUT2D eigenvalue weighted by atomic mass is 32.1. The summed E-state index contributed by atoms with van der Waals surface area (Å²) in [6, 6.07) is 9.72. The molecule has 0 aliphatic heterocycles. The monoisotopic (exact) mass is 388 g/mol. The van der Waals surface area contributed by atoms with E-state index in [9.17, 15) is 24.1 Å². The first-order chi connectivity index (χ1) is 12.8. The maximum atomic E-state index is 13.2. The highest BCUT2D eigenvalue weighted by Crippen LogP contribution is 2.27. The van der Waals surface area contributed by atoms with Crippen molar-refractivity contribution in [2.75, 3.05) is 11.9 Å². The Kier molecular flexibility index (Phi) is 5.13. The second-order valence-electron chi connectivity index (χ2n) is 5.67. The lowest BCUT2D eigenvalue weighted by Gasteiger charge is -2.08. The Labute approximate surface area is 156 Å². The summed E-state index contributed by atoms with van der Waals surface area (Å²) in [4.78, 5) is 34.6. The highest BCUT2D eigenvalue weighted by molar-refractivity contribution is 7.20. The molecule has 0 bridgehead atoms. The number of ether oxygens (including phenoxy) is 1. The van der Waals surface area contributed by atoms with Crippen molar-refractivity contribution < 1.29 is 23.6 Å². The number of nitro benzene ring substituents is 1. The number of non-ortho nitro benzene ring substituents is 1. The van der Waals surface area contributed by atoms with Gasteiger partial charge >= 0.3 is 5.97 Å². The molecular weight excluding hydrogens is 375 g/mol. The van der Waals surface area contributed by atoms with E-state index in [1.165, 1.54) is 36.4 Å². The van der Waals surface area contributed by atoms with Crippen molar-refractivity contribution in [3.8, 4) is 0 Å². The van der Waals surface area contributed by atoms with Crippen LogP contribution >= 0.6 is 11.3 Å². The number of amides is 1. The standard InChI is InChI=1S/C18H13FN2O5S/c1-10-2-4-13(21(24)25)8-14(10)20-17(22)9-26-18(23)16-7-11-6-12(19)3-5-15(11)27-16/h2-8H,9H2,1H3,(H,20,22). The lowest BCUT2D eigenvalue weighted by atomic mass is 10.2. The Morgan fingerprint density at radius 1 is 1.22 bits per heavy atom.